The van der Waals surface area contributed by atoms with Crippen LogP contribution in [0.2, 0.25) is 0 Å². The summed E-state index contributed by atoms with van der Waals surface area (Å²) in [5.41, 5.74) is 2.85. The number of alkyl halides is 1. The third kappa shape index (κ3) is 3.74. The highest BCUT2D eigenvalue weighted by Crippen LogP contribution is 2.13. The first-order valence-electron chi connectivity index (χ1n) is 6.37. The van der Waals surface area contributed by atoms with Gasteiger partial charge in [0.15, 0.2) is 0 Å². The van der Waals surface area contributed by atoms with E-state index in [-0.39, 0.29) is 5.82 Å². The lowest BCUT2D eigenvalue weighted by Crippen LogP contribution is -2.04. The normalized spacial score (nSPS) is 10.7. The van der Waals surface area contributed by atoms with E-state index in [9.17, 15) is 4.39 Å². The molecule has 2 aromatic rings. The van der Waals surface area contributed by atoms with Gasteiger partial charge in [0.05, 0.1) is 5.88 Å². The molecular weight excluding hydrogens is 263 g/mol. The molecule has 1 heterocycles. The molecule has 0 amide bonds. The van der Waals surface area contributed by atoms with E-state index in [1.807, 2.05) is 6.07 Å². The van der Waals surface area contributed by atoms with Crippen LogP contribution in [-0.2, 0) is 18.7 Å². The minimum atomic E-state index is -0.233. The number of hydrogen-bond donors (Lipinski definition) is 0. The smallest absolute Gasteiger partial charge is 0.132 e. The van der Waals surface area contributed by atoms with E-state index in [0.717, 1.165) is 29.7 Å². The number of halogens is 2. The molecule has 1 aromatic heterocycles. The van der Waals surface area contributed by atoms with Gasteiger partial charge in [0, 0.05) is 23.9 Å². The van der Waals surface area contributed by atoms with Crippen LogP contribution in [0.1, 0.15) is 36.0 Å². The molecule has 2 rings (SSSR count). The zero-order valence-corrected chi connectivity index (χ0v) is 11.6. The lowest BCUT2D eigenvalue weighted by molar-refractivity contribution is 0.625. The molecule has 19 heavy (non-hydrogen) atoms. The molecule has 0 bridgehead atoms. The molecule has 0 atom stereocenters. The van der Waals surface area contributed by atoms with Gasteiger partial charge in [0.2, 0.25) is 0 Å². The minimum absolute atomic E-state index is 0.233. The topological polar surface area (TPSA) is 25.8 Å². The van der Waals surface area contributed by atoms with E-state index >= 15 is 0 Å². The predicted molar refractivity (Wildman–Crippen MR) is 74.8 cm³/mol. The lowest BCUT2D eigenvalue weighted by atomic mass is 10.1. The van der Waals surface area contributed by atoms with Crippen molar-refractivity contribution in [2.45, 2.75) is 32.1 Å². The quantitative estimate of drug-likeness (QED) is 0.775. The largest absolute Gasteiger partial charge is 0.241 e. The summed E-state index contributed by atoms with van der Waals surface area (Å²) in [7, 11) is 0. The first-order valence-corrected chi connectivity index (χ1v) is 6.90. The van der Waals surface area contributed by atoms with Gasteiger partial charge in [-0.1, -0.05) is 25.5 Å². The van der Waals surface area contributed by atoms with Gasteiger partial charge < -0.3 is 0 Å². The summed E-state index contributed by atoms with van der Waals surface area (Å²) in [6.07, 6.45) is 4.22. The second-order valence-corrected chi connectivity index (χ2v) is 4.72. The van der Waals surface area contributed by atoms with Crippen molar-refractivity contribution in [1.82, 2.24) is 9.97 Å². The predicted octanol–water partition coefficient (Wildman–Crippen LogP) is 3.90. The average molecular weight is 279 g/mol. The van der Waals surface area contributed by atoms with Crippen LogP contribution in [0.25, 0.3) is 0 Å². The van der Waals surface area contributed by atoms with E-state index < -0.39 is 0 Å². The third-order valence-corrected chi connectivity index (χ3v) is 3.17. The van der Waals surface area contributed by atoms with E-state index in [1.54, 1.807) is 12.3 Å². The van der Waals surface area contributed by atoms with Gasteiger partial charge in [-0.3, -0.25) is 0 Å². The van der Waals surface area contributed by atoms with Crippen molar-refractivity contribution in [3.63, 3.8) is 0 Å². The van der Waals surface area contributed by atoms with E-state index in [4.69, 9.17) is 11.6 Å². The molecule has 0 N–H and O–H groups in total. The van der Waals surface area contributed by atoms with Crippen LogP contribution >= 0.6 is 11.6 Å². The molecule has 0 unspecified atom stereocenters. The van der Waals surface area contributed by atoms with Gasteiger partial charge in [0.25, 0.3) is 0 Å². The number of hydrogen-bond acceptors (Lipinski definition) is 2. The molecule has 0 aliphatic rings. The molecule has 2 nitrogen and oxygen atoms in total. The summed E-state index contributed by atoms with van der Waals surface area (Å²) < 4.78 is 13.1. The maximum absolute atomic E-state index is 13.1. The summed E-state index contributed by atoms with van der Waals surface area (Å²) in [5.74, 6) is 0.904. The zero-order chi connectivity index (χ0) is 13.7. The molecule has 4 heteroatoms. The summed E-state index contributed by atoms with van der Waals surface area (Å²) in [6, 6.07) is 6.52. The molecule has 0 aliphatic heterocycles. The van der Waals surface area contributed by atoms with Gasteiger partial charge in [-0.05, 0) is 24.1 Å². The fourth-order valence-corrected chi connectivity index (χ4v) is 2.19. The maximum Gasteiger partial charge on any atom is 0.132 e. The van der Waals surface area contributed by atoms with Crippen LogP contribution in [0.5, 0.6) is 0 Å². The Morgan fingerprint density at radius 1 is 1.32 bits per heavy atom. The molecule has 0 spiro atoms. The number of aryl methyl sites for hydroxylation is 1. The van der Waals surface area contributed by atoms with Crippen LogP contribution in [0.4, 0.5) is 4.39 Å². The fourth-order valence-electron chi connectivity index (χ4n) is 1.96. The van der Waals surface area contributed by atoms with Crippen molar-refractivity contribution >= 4 is 11.6 Å². The van der Waals surface area contributed by atoms with Crippen LogP contribution in [0.15, 0.2) is 30.5 Å². The number of rotatable bonds is 5. The Bertz CT molecular complexity index is 558. The van der Waals surface area contributed by atoms with Gasteiger partial charge >= 0.3 is 0 Å². The Hall–Kier alpha value is -1.48. The molecule has 100 valence electrons. The highest BCUT2D eigenvalue weighted by atomic mass is 35.5. The fraction of sp³-hybridized carbons (Fsp3) is 0.333. The highest BCUT2D eigenvalue weighted by molar-refractivity contribution is 6.17. The Labute approximate surface area is 117 Å². The summed E-state index contributed by atoms with van der Waals surface area (Å²) in [4.78, 5) is 8.84. The van der Waals surface area contributed by atoms with E-state index in [1.165, 1.54) is 12.1 Å². The summed E-state index contributed by atoms with van der Waals surface area (Å²) >= 11 is 5.87. The number of benzene rings is 1. The average Bonchev–Trinajstić information content (AvgIpc) is 2.39. The summed E-state index contributed by atoms with van der Waals surface area (Å²) in [6.45, 7) is 2.10. The molecule has 0 fully saturated rings. The van der Waals surface area contributed by atoms with E-state index in [2.05, 4.69) is 16.9 Å². The Kier molecular flexibility index (Phi) is 4.86. The first-order chi connectivity index (χ1) is 9.22. The number of aromatic nitrogens is 2. The van der Waals surface area contributed by atoms with Crippen molar-refractivity contribution in [1.29, 1.82) is 0 Å². The van der Waals surface area contributed by atoms with Gasteiger partial charge in [0.1, 0.15) is 11.6 Å². The zero-order valence-electron chi connectivity index (χ0n) is 10.9. The van der Waals surface area contributed by atoms with Crippen LogP contribution < -0.4 is 0 Å². The summed E-state index contributed by atoms with van der Waals surface area (Å²) in [5, 5.41) is 0. The van der Waals surface area contributed by atoms with Crippen molar-refractivity contribution in [2.24, 2.45) is 0 Å². The third-order valence-electron chi connectivity index (χ3n) is 2.89. The van der Waals surface area contributed by atoms with Gasteiger partial charge in [-0.2, -0.15) is 0 Å². The maximum atomic E-state index is 13.1. The Balaban J connectivity index is 2.23. The molecule has 0 radical (unpaired) electrons. The highest BCUT2D eigenvalue weighted by Gasteiger charge is 2.07. The van der Waals surface area contributed by atoms with Crippen LogP contribution in [0.3, 0.4) is 0 Å². The van der Waals surface area contributed by atoms with Crippen LogP contribution in [0, 0.1) is 5.82 Å². The monoisotopic (exact) mass is 278 g/mol. The molecule has 0 saturated heterocycles. The molecule has 0 aliphatic carbocycles. The van der Waals surface area contributed by atoms with Gasteiger partial charge in [-0.15, -0.1) is 11.6 Å². The molecule has 1 aromatic carbocycles. The lowest BCUT2D eigenvalue weighted by Gasteiger charge is -2.07. The minimum Gasteiger partial charge on any atom is -0.241 e. The van der Waals surface area contributed by atoms with Crippen molar-refractivity contribution in [3.05, 3.63) is 58.9 Å². The SMILES string of the molecule is CCCc1nc(Cc2cccc(F)c2)ncc1CCl. The molecule has 0 saturated carbocycles. The first kappa shape index (κ1) is 13.9. The van der Waals surface area contributed by atoms with Crippen molar-refractivity contribution in [3.8, 4) is 0 Å². The number of nitrogens with zero attached hydrogens (tertiary/aromatic N) is 2. The van der Waals surface area contributed by atoms with E-state index in [0.29, 0.717) is 18.1 Å². The molecular formula is C15H16ClFN2. The second kappa shape index (κ2) is 6.62. The second-order valence-electron chi connectivity index (χ2n) is 4.45. The standard InChI is InChI=1S/C15H16ClFN2/c1-2-4-14-12(9-16)10-18-15(19-14)8-11-5-3-6-13(17)7-11/h3,5-7,10H,2,4,8-9H2,1H3. The Morgan fingerprint density at radius 3 is 2.84 bits per heavy atom. The van der Waals surface area contributed by atoms with Gasteiger partial charge in [-0.25, -0.2) is 14.4 Å². The van der Waals surface area contributed by atoms with Crippen molar-refractivity contribution in [2.75, 3.05) is 0 Å². The van der Waals surface area contributed by atoms with Crippen LogP contribution in [-0.4, -0.2) is 9.97 Å². The van der Waals surface area contributed by atoms with Crippen molar-refractivity contribution < 1.29 is 4.39 Å². The Morgan fingerprint density at radius 2 is 2.16 bits per heavy atom.